The van der Waals surface area contributed by atoms with Crippen molar-refractivity contribution >= 4 is 25.3 Å². The van der Waals surface area contributed by atoms with Crippen LogP contribution in [0.3, 0.4) is 0 Å². The van der Waals surface area contributed by atoms with Crippen molar-refractivity contribution in [3.8, 4) is 0 Å². The van der Waals surface area contributed by atoms with Gasteiger partial charge in [0, 0.05) is 6.61 Å². The van der Waals surface area contributed by atoms with Gasteiger partial charge < -0.3 is 4.74 Å². The molecule has 0 rings (SSSR count). The number of ether oxygens (including phenoxy) is 1. The number of thiol groups is 2. The molecule has 0 spiro atoms. The number of hydrogen-bond acceptors (Lipinski definition) is 3. The zero-order chi connectivity index (χ0) is 17.0. The summed E-state index contributed by atoms with van der Waals surface area (Å²) >= 11 is 8.65. The van der Waals surface area contributed by atoms with Crippen LogP contribution in [0, 0.1) is 0 Å². The Morgan fingerprint density at radius 3 is 1.52 bits per heavy atom. The van der Waals surface area contributed by atoms with Crippen molar-refractivity contribution < 1.29 is 4.74 Å². The van der Waals surface area contributed by atoms with Crippen LogP contribution in [0.5, 0.6) is 0 Å². The molecule has 1 nitrogen and oxygen atoms in total. The minimum absolute atomic E-state index is 0.132. The summed E-state index contributed by atoms with van der Waals surface area (Å²) in [5.74, 6) is 0.902. The van der Waals surface area contributed by atoms with Crippen molar-refractivity contribution in [1.82, 2.24) is 0 Å². The summed E-state index contributed by atoms with van der Waals surface area (Å²) in [6.45, 7) is 3.09. The van der Waals surface area contributed by atoms with Gasteiger partial charge in [-0.3, -0.25) is 0 Å². The van der Waals surface area contributed by atoms with Crippen molar-refractivity contribution in [3.63, 3.8) is 0 Å². The first-order valence-electron chi connectivity index (χ1n) is 10.2. The Morgan fingerprint density at radius 2 is 1.09 bits per heavy atom. The zero-order valence-corrected chi connectivity index (χ0v) is 17.4. The average molecular weight is 363 g/mol. The maximum absolute atomic E-state index is 5.61. The molecule has 0 radical (unpaired) electrons. The van der Waals surface area contributed by atoms with Gasteiger partial charge in [-0.1, -0.05) is 96.8 Å². The van der Waals surface area contributed by atoms with Crippen LogP contribution in [0.2, 0.25) is 0 Å². The molecule has 0 aliphatic rings. The average Bonchev–Trinajstić information content (AvgIpc) is 2.55. The Labute approximate surface area is 157 Å². The van der Waals surface area contributed by atoms with Gasteiger partial charge in [0.15, 0.2) is 0 Å². The van der Waals surface area contributed by atoms with E-state index in [9.17, 15) is 0 Å². The van der Waals surface area contributed by atoms with Gasteiger partial charge in [0.25, 0.3) is 0 Å². The first-order valence-corrected chi connectivity index (χ1v) is 11.4. The third kappa shape index (κ3) is 20.6. The summed E-state index contributed by atoms with van der Waals surface area (Å²) < 4.78 is 5.61. The molecule has 0 fully saturated rings. The van der Waals surface area contributed by atoms with Crippen molar-refractivity contribution in [1.29, 1.82) is 0 Å². The molecule has 3 heteroatoms. The maximum Gasteiger partial charge on any atom is 0.0999 e. The van der Waals surface area contributed by atoms with Gasteiger partial charge in [-0.15, -0.1) is 12.6 Å². The molecule has 0 aliphatic carbocycles. The van der Waals surface area contributed by atoms with E-state index in [-0.39, 0.29) is 5.44 Å². The Morgan fingerprint density at radius 1 is 0.652 bits per heavy atom. The topological polar surface area (TPSA) is 9.23 Å². The smallest absolute Gasteiger partial charge is 0.0999 e. The minimum Gasteiger partial charge on any atom is -0.368 e. The molecule has 0 aromatic carbocycles. The fourth-order valence-electron chi connectivity index (χ4n) is 2.88. The standard InChI is InChI=1S/C20H42OS2/c1-2-3-4-5-6-7-8-9-10-11-12-13-14-15-17-20(23)21-18-16-19-22/h20,22-23H,2-19H2,1H3. The summed E-state index contributed by atoms with van der Waals surface area (Å²) in [5.41, 5.74) is 0.132. The highest BCUT2D eigenvalue weighted by molar-refractivity contribution is 7.80. The summed E-state index contributed by atoms with van der Waals surface area (Å²) in [7, 11) is 0. The predicted octanol–water partition coefficient (Wildman–Crippen LogP) is 7.45. The summed E-state index contributed by atoms with van der Waals surface area (Å²) in [5, 5.41) is 0. The fourth-order valence-corrected chi connectivity index (χ4v) is 3.30. The number of rotatable bonds is 19. The van der Waals surface area contributed by atoms with Gasteiger partial charge in [0.2, 0.25) is 0 Å². The highest BCUT2D eigenvalue weighted by Crippen LogP contribution is 2.15. The maximum atomic E-state index is 5.61. The van der Waals surface area contributed by atoms with E-state index in [2.05, 4.69) is 32.2 Å². The molecule has 0 amide bonds. The highest BCUT2D eigenvalue weighted by atomic mass is 32.1. The molecular weight excluding hydrogens is 320 g/mol. The van der Waals surface area contributed by atoms with Crippen molar-refractivity contribution in [2.24, 2.45) is 0 Å². The van der Waals surface area contributed by atoms with E-state index in [1.54, 1.807) is 0 Å². The number of hydrogen-bond donors (Lipinski definition) is 2. The molecule has 0 saturated carbocycles. The molecule has 23 heavy (non-hydrogen) atoms. The fraction of sp³-hybridized carbons (Fsp3) is 1.00. The molecule has 0 saturated heterocycles. The van der Waals surface area contributed by atoms with Gasteiger partial charge in [-0.05, 0) is 18.6 Å². The SMILES string of the molecule is CCCCCCCCCCCCCCCCC(S)OCCCS. The second kappa shape index (κ2) is 20.7. The van der Waals surface area contributed by atoms with Crippen LogP contribution in [0.15, 0.2) is 0 Å². The second-order valence-corrected chi connectivity index (χ2v) is 7.81. The number of unbranched alkanes of at least 4 members (excludes halogenated alkanes) is 13. The Hall–Kier alpha value is 0.660. The van der Waals surface area contributed by atoms with Crippen LogP contribution in [0.4, 0.5) is 0 Å². The molecule has 1 unspecified atom stereocenters. The largest absolute Gasteiger partial charge is 0.368 e. The van der Waals surface area contributed by atoms with E-state index in [1.807, 2.05) is 0 Å². The van der Waals surface area contributed by atoms with E-state index in [0.29, 0.717) is 0 Å². The molecule has 0 N–H and O–H groups in total. The highest BCUT2D eigenvalue weighted by Gasteiger charge is 2.02. The lowest BCUT2D eigenvalue weighted by Gasteiger charge is -2.11. The molecular formula is C20H42OS2. The van der Waals surface area contributed by atoms with Crippen molar-refractivity contribution in [2.75, 3.05) is 12.4 Å². The predicted molar refractivity (Wildman–Crippen MR) is 112 cm³/mol. The lowest BCUT2D eigenvalue weighted by Crippen LogP contribution is -2.06. The van der Waals surface area contributed by atoms with Crippen LogP contribution in [0.1, 0.15) is 110 Å². The molecule has 0 heterocycles. The Kier molecular flexibility index (Phi) is 21.3. The third-order valence-electron chi connectivity index (χ3n) is 4.42. The van der Waals surface area contributed by atoms with Crippen LogP contribution < -0.4 is 0 Å². The molecule has 140 valence electrons. The van der Waals surface area contributed by atoms with Crippen molar-refractivity contribution in [2.45, 2.75) is 115 Å². The Balaban J connectivity index is 3.05. The zero-order valence-electron chi connectivity index (χ0n) is 15.6. The van der Waals surface area contributed by atoms with E-state index < -0.39 is 0 Å². The summed E-state index contributed by atoms with van der Waals surface area (Å²) in [6, 6.07) is 0. The second-order valence-electron chi connectivity index (χ2n) is 6.79. The quantitative estimate of drug-likeness (QED) is 0.138. The van der Waals surface area contributed by atoms with E-state index in [4.69, 9.17) is 4.74 Å². The lowest BCUT2D eigenvalue weighted by atomic mass is 10.0. The van der Waals surface area contributed by atoms with Gasteiger partial charge in [-0.25, -0.2) is 0 Å². The monoisotopic (exact) mass is 362 g/mol. The Bertz CT molecular complexity index is 212. The van der Waals surface area contributed by atoms with Gasteiger partial charge >= 0.3 is 0 Å². The normalized spacial score (nSPS) is 12.7. The van der Waals surface area contributed by atoms with E-state index >= 15 is 0 Å². The first-order chi connectivity index (χ1) is 11.3. The lowest BCUT2D eigenvalue weighted by molar-refractivity contribution is 0.108. The van der Waals surface area contributed by atoms with Crippen LogP contribution in [-0.4, -0.2) is 17.8 Å². The van der Waals surface area contributed by atoms with Crippen molar-refractivity contribution in [3.05, 3.63) is 0 Å². The van der Waals surface area contributed by atoms with Crippen LogP contribution in [0.25, 0.3) is 0 Å². The third-order valence-corrected chi connectivity index (χ3v) is 5.14. The van der Waals surface area contributed by atoms with Crippen LogP contribution in [-0.2, 0) is 4.74 Å². The molecule has 0 aliphatic heterocycles. The van der Waals surface area contributed by atoms with E-state index in [0.717, 1.165) is 25.2 Å². The molecule has 0 aromatic rings. The minimum atomic E-state index is 0.132. The van der Waals surface area contributed by atoms with Gasteiger partial charge in [0.05, 0.1) is 5.44 Å². The molecule has 0 aromatic heterocycles. The summed E-state index contributed by atoms with van der Waals surface area (Å²) in [4.78, 5) is 0. The van der Waals surface area contributed by atoms with E-state index in [1.165, 1.54) is 89.9 Å². The molecule has 1 atom stereocenters. The first kappa shape index (κ1) is 23.7. The van der Waals surface area contributed by atoms with Gasteiger partial charge in [0.1, 0.15) is 0 Å². The van der Waals surface area contributed by atoms with Crippen LogP contribution >= 0.6 is 25.3 Å². The summed E-state index contributed by atoms with van der Waals surface area (Å²) in [6.07, 6.45) is 21.9. The molecule has 0 bridgehead atoms. The van der Waals surface area contributed by atoms with Gasteiger partial charge in [-0.2, -0.15) is 12.6 Å².